The normalized spacial score (nSPS) is 24.1. The quantitative estimate of drug-likeness (QED) is 0.789. The highest BCUT2D eigenvalue weighted by Crippen LogP contribution is 2.24. The number of morpholine rings is 1. The van der Waals surface area contributed by atoms with Crippen molar-refractivity contribution in [2.24, 2.45) is 0 Å². The SMILES string of the molecule is CC1CN(C(=O)c2ccc(Cl)cc2Br)CC(C)O1. The molecule has 1 fully saturated rings. The lowest BCUT2D eigenvalue weighted by Gasteiger charge is -2.35. The Kier molecular flexibility index (Phi) is 4.30. The number of hydrogen-bond acceptors (Lipinski definition) is 2. The van der Waals surface area contributed by atoms with E-state index in [-0.39, 0.29) is 18.1 Å². The van der Waals surface area contributed by atoms with Crippen molar-refractivity contribution >= 4 is 33.4 Å². The second-order valence-corrected chi connectivity index (χ2v) is 5.88. The van der Waals surface area contributed by atoms with Crippen molar-refractivity contribution in [2.45, 2.75) is 26.1 Å². The molecule has 0 radical (unpaired) electrons. The third kappa shape index (κ3) is 3.05. The van der Waals surface area contributed by atoms with Crippen LogP contribution in [0.25, 0.3) is 0 Å². The van der Waals surface area contributed by atoms with Gasteiger partial charge in [-0.1, -0.05) is 11.6 Å². The predicted octanol–water partition coefficient (Wildman–Crippen LogP) is 3.35. The van der Waals surface area contributed by atoms with Crippen molar-refractivity contribution < 1.29 is 9.53 Å². The molecule has 1 amide bonds. The van der Waals surface area contributed by atoms with Crippen molar-refractivity contribution in [3.8, 4) is 0 Å². The Morgan fingerprint density at radius 1 is 1.39 bits per heavy atom. The summed E-state index contributed by atoms with van der Waals surface area (Å²) in [7, 11) is 0. The van der Waals surface area contributed by atoms with E-state index in [0.717, 1.165) is 4.47 Å². The van der Waals surface area contributed by atoms with Crippen LogP contribution in [-0.2, 0) is 4.74 Å². The Balaban J connectivity index is 2.20. The summed E-state index contributed by atoms with van der Waals surface area (Å²) in [6.45, 7) is 5.20. The maximum atomic E-state index is 12.4. The molecule has 3 nitrogen and oxygen atoms in total. The molecule has 98 valence electrons. The van der Waals surface area contributed by atoms with Crippen LogP contribution in [0.15, 0.2) is 22.7 Å². The molecule has 1 saturated heterocycles. The third-order valence-electron chi connectivity index (χ3n) is 2.87. The maximum absolute atomic E-state index is 12.4. The molecular formula is C13H15BrClNO2. The fourth-order valence-corrected chi connectivity index (χ4v) is 3.03. The van der Waals surface area contributed by atoms with Gasteiger partial charge in [0, 0.05) is 22.6 Å². The predicted molar refractivity (Wildman–Crippen MR) is 75.1 cm³/mol. The Hall–Kier alpha value is -0.580. The van der Waals surface area contributed by atoms with E-state index in [1.807, 2.05) is 18.7 Å². The van der Waals surface area contributed by atoms with E-state index >= 15 is 0 Å². The van der Waals surface area contributed by atoms with Crippen LogP contribution in [0, 0.1) is 0 Å². The number of nitrogens with zero attached hydrogens (tertiary/aromatic N) is 1. The zero-order valence-electron chi connectivity index (χ0n) is 10.3. The van der Waals surface area contributed by atoms with Gasteiger partial charge < -0.3 is 9.64 Å². The molecule has 5 heteroatoms. The van der Waals surface area contributed by atoms with Gasteiger partial charge in [0.05, 0.1) is 17.8 Å². The monoisotopic (exact) mass is 331 g/mol. The third-order valence-corrected chi connectivity index (χ3v) is 3.76. The minimum absolute atomic E-state index is 0.0144. The summed E-state index contributed by atoms with van der Waals surface area (Å²) in [5.41, 5.74) is 0.640. The lowest BCUT2D eigenvalue weighted by Crippen LogP contribution is -2.48. The molecule has 0 aliphatic carbocycles. The van der Waals surface area contributed by atoms with Crippen molar-refractivity contribution in [2.75, 3.05) is 13.1 Å². The second-order valence-electron chi connectivity index (χ2n) is 4.59. The number of amides is 1. The number of rotatable bonds is 1. The van der Waals surface area contributed by atoms with Crippen LogP contribution < -0.4 is 0 Å². The molecule has 0 bridgehead atoms. The van der Waals surface area contributed by atoms with Gasteiger partial charge in [-0.2, -0.15) is 0 Å². The minimum atomic E-state index is 0.0144. The van der Waals surface area contributed by atoms with E-state index in [4.69, 9.17) is 16.3 Å². The van der Waals surface area contributed by atoms with E-state index in [0.29, 0.717) is 23.7 Å². The molecule has 2 atom stereocenters. The van der Waals surface area contributed by atoms with Crippen LogP contribution in [-0.4, -0.2) is 36.1 Å². The number of hydrogen-bond donors (Lipinski definition) is 0. The van der Waals surface area contributed by atoms with Crippen LogP contribution in [0.5, 0.6) is 0 Å². The average Bonchev–Trinajstić information content (AvgIpc) is 2.26. The average molecular weight is 333 g/mol. The topological polar surface area (TPSA) is 29.5 Å². The molecule has 0 spiro atoms. The lowest BCUT2D eigenvalue weighted by molar-refractivity contribution is -0.0586. The first-order valence-electron chi connectivity index (χ1n) is 5.87. The van der Waals surface area contributed by atoms with Crippen LogP contribution in [0.2, 0.25) is 5.02 Å². The molecule has 1 aliphatic heterocycles. The molecule has 18 heavy (non-hydrogen) atoms. The summed E-state index contributed by atoms with van der Waals surface area (Å²) >= 11 is 9.26. The Morgan fingerprint density at radius 3 is 2.56 bits per heavy atom. The zero-order chi connectivity index (χ0) is 13.3. The summed E-state index contributed by atoms with van der Waals surface area (Å²) in [6.07, 6.45) is 0.146. The number of carbonyl (C=O) groups excluding carboxylic acids is 1. The van der Waals surface area contributed by atoms with Gasteiger partial charge in [0.1, 0.15) is 0 Å². The molecule has 2 rings (SSSR count). The van der Waals surface area contributed by atoms with Gasteiger partial charge in [-0.25, -0.2) is 0 Å². The largest absolute Gasteiger partial charge is 0.372 e. The van der Waals surface area contributed by atoms with E-state index in [2.05, 4.69) is 15.9 Å². The van der Waals surface area contributed by atoms with Gasteiger partial charge in [-0.3, -0.25) is 4.79 Å². The fraction of sp³-hybridized carbons (Fsp3) is 0.462. The van der Waals surface area contributed by atoms with Gasteiger partial charge >= 0.3 is 0 Å². The maximum Gasteiger partial charge on any atom is 0.255 e. The van der Waals surface area contributed by atoms with Crippen molar-refractivity contribution in [1.29, 1.82) is 0 Å². The summed E-state index contributed by atoms with van der Waals surface area (Å²) in [5, 5.41) is 0.613. The number of carbonyl (C=O) groups is 1. The molecular weight excluding hydrogens is 318 g/mol. The van der Waals surface area contributed by atoms with E-state index < -0.39 is 0 Å². The first-order valence-corrected chi connectivity index (χ1v) is 7.04. The van der Waals surface area contributed by atoms with E-state index in [9.17, 15) is 4.79 Å². The first kappa shape index (κ1) is 13.8. The van der Waals surface area contributed by atoms with Crippen LogP contribution in [0.4, 0.5) is 0 Å². The smallest absolute Gasteiger partial charge is 0.255 e. The van der Waals surface area contributed by atoms with E-state index in [1.54, 1.807) is 18.2 Å². The summed E-state index contributed by atoms with van der Waals surface area (Å²) in [4.78, 5) is 14.2. The van der Waals surface area contributed by atoms with Crippen molar-refractivity contribution in [3.05, 3.63) is 33.3 Å². The molecule has 0 N–H and O–H groups in total. The second kappa shape index (κ2) is 5.59. The van der Waals surface area contributed by atoms with Crippen molar-refractivity contribution in [1.82, 2.24) is 4.90 Å². The van der Waals surface area contributed by atoms with Gasteiger partial charge in [0.25, 0.3) is 5.91 Å². The molecule has 1 aromatic rings. The highest BCUT2D eigenvalue weighted by Gasteiger charge is 2.27. The molecule has 2 unspecified atom stereocenters. The van der Waals surface area contributed by atoms with Gasteiger partial charge in [0.15, 0.2) is 0 Å². The zero-order valence-corrected chi connectivity index (χ0v) is 12.7. The van der Waals surface area contributed by atoms with Crippen molar-refractivity contribution in [3.63, 3.8) is 0 Å². The number of benzene rings is 1. The van der Waals surface area contributed by atoms with E-state index in [1.165, 1.54) is 0 Å². The molecule has 0 aromatic heterocycles. The van der Waals surface area contributed by atoms with Crippen LogP contribution in [0.3, 0.4) is 0 Å². The standard InChI is InChI=1S/C13H15BrClNO2/c1-8-6-16(7-9(2)18-8)13(17)11-4-3-10(15)5-12(11)14/h3-5,8-9H,6-7H2,1-2H3. The van der Waals surface area contributed by atoms with Crippen LogP contribution >= 0.6 is 27.5 Å². The summed E-state index contributed by atoms with van der Waals surface area (Å²) in [6, 6.07) is 5.22. The first-order chi connectivity index (χ1) is 8.47. The number of halogens is 2. The van der Waals surface area contributed by atoms with Gasteiger partial charge in [-0.05, 0) is 48.0 Å². The molecule has 1 aromatic carbocycles. The highest BCUT2D eigenvalue weighted by atomic mass is 79.9. The Bertz CT molecular complexity index is 456. The number of ether oxygens (including phenoxy) is 1. The molecule has 1 aliphatic rings. The summed E-state index contributed by atoms with van der Waals surface area (Å²) in [5.74, 6) is 0.0144. The van der Waals surface area contributed by atoms with Crippen LogP contribution in [0.1, 0.15) is 24.2 Å². The lowest BCUT2D eigenvalue weighted by atomic mass is 10.1. The fourth-order valence-electron chi connectivity index (χ4n) is 2.18. The summed E-state index contributed by atoms with van der Waals surface area (Å²) < 4.78 is 6.35. The van der Waals surface area contributed by atoms with Gasteiger partial charge in [0.2, 0.25) is 0 Å². The Morgan fingerprint density at radius 2 is 2.00 bits per heavy atom. The Labute approximate surface area is 120 Å². The molecule has 0 saturated carbocycles. The molecule has 1 heterocycles. The van der Waals surface area contributed by atoms with Gasteiger partial charge in [-0.15, -0.1) is 0 Å². The minimum Gasteiger partial charge on any atom is -0.372 e. The highest BCUT2D eigenvalue weighted by molar-refractivity contribution is 9.10.